The van der Waals surface area contributed by atoms with Gasteiger partial charge < -0.3 is 10.6 Å². The van der Waals surface area contributed by atoms with Gasteiger partial charge in [-0.1, -0.05) is 30.3 Å². The lowest BCUT2D eigenvalue weighted by Gasteiger charge is -2.08. The maximum Gasteiger partial charge on any atom is 0.255 e. The second-order valence-corrected chi connectivity index (χ2v) is 7.24. The Bertz CT molecular complexity index is 900. The van der Waals surface area contributed by atoms with Gasteiger partial charge in [-0.3, -0.25) is 14.6 Å². The van der Waals surface area contributed by atoms with Crippen molar-refractivity contribution in [3.05, 3.63) is 90.3 Å². The Balaban J connectivity index is 1.41. The second-order valence-electron chi connectivity index (χ2n) is 6.08. The van der Waals surface area contributed by atoms with Crippen LogP contribution in [-0.2, 0) is 11.3 Å². The van der Waals surface area contributed by atoms with Crippen LogP contribution in [0.5, 0.6) is 0 Å². The predicted octanol–water partition coefficient (Wildman–Crippen LogP) is 4.13. The summed E-state index contributed by atoms with van der Waals surface area (Å²) in [4.78, 5) is 29.3. The van der Waals surface area contributed by atoms with E-state index in [2.05, 4.69) is 15.6 Å². The highest BCUT2D eigenvalue weighted by Gasteiger charge is 2.07. The van der Waals surface area contributed by atoms with Crippen LogP contribution in [0.2, 0.25) is 0 Å². The standard InChI is InChI=1S/C22H21N3O2S/c26-21(12-15-28-20-4-2-1-3-5-20)24-16-17-6-8-18(9-7-17)22(27)25-19-10-13-23-14-11-19/h1-11,13-14H,12,15-16H2,(H,24,26)(H,23,25,27). The molecule has 3 aromatic rings. The van der Waals surface area contributed by atoms with Gasteiger partial charge in [0.15, 0.2) is 0 Å². The number of pyridine rings is 1. The molecule has 0 saturated heterocycles. The molecule has 1 aromatic heterocycles. The molecule has 0 aliphatic rings. The lowest BCUT2D eigenvalue weighted by atomic mass is 10.1. The predicted molar refractivity (Wildman–Crippen MR) is 112 cm³/mol. The Morgan fingerprint density at radius 2 is 1.61 bits per heavy atom. The fourth-order valence-electron chi connectivity index (χ4n) is 2.48. The van der Waals surface area contributed by atoms with E-state index < -0.39 is 0 Å². The molecule has 0 bridgehead atoms. The third-order valence-corrected chi connectivity index (χ3v) is 5.00. The zero-order valence-electron chi connectivity index (χ0n) is 15.3. The summed E-state index contributed by atoms with van der Waals surface area (Å²) in [5.41, 5.74) is 2.21. The third-order valence-electron chi connectivity index (χ3n) is 3.99. The van der Waals surface area contributed by atoms with E-state index in [1.165, 1.54) is 0 Å². The van der Waals surface area contributed by atoms with Crippen molar-refractivity contribution in [1.29, 1.82) is 0 Å². The summed E-state index contributed by atoms with van der Waals surface area (Å²) in [7, 11) is 0. The van der Waals surface area contributed by atoms with Gasteiger partial charge in [-0.05, 0) is 42.0 Å². The summed E-state index contributed by atoms with van der Waals surface area (Å²) in [6.07, 6.45) is 3.71. The molecule has 3 rings (SSSR count). The number of carbonyl (C=O) groups excluding carboxylic acids is 2. The number of nitrogens with one attached hydrogen (secondary N) is 2. The van der Waals surface area contributed by atoms with Crippen molar-refractivity contribution in [3.8, 4) is 0 Å². The van der Waals surface area contributed by atoms with E-state index in [9.17, 15) is 9.59 Å². The first-order valence-corrected chi connectivity index (χ1v) is 9.94. The van der Waals surface area contributed by atoms with Crippen LogP contribution in [0.15, 0.2) is 84.0 Å². The van der Waals surface area contributed by atoms with Gasteiger partial charge in [0, 0.05) is 47.3 Å². The summed E-state index contributed by atoms with van der Waals surface area (Å²) >= 11 is 1.67. The Hall–Kier alpha value is -3.12. The van der Waals surface area contributed by atoms with E-state index in [1.54, 1.807) is 48.4 Å². The monoisotopic (exact) mass is 391 g/mol. The van der Waals surface area contributed by atoms with Gasteiger partial charge in [-0.2, -0.15) is 0 Å². The maximum atomic E-state index is 12.2. The van der Waals surface area contributed by atoms with Gasteiger partial charge in [0.2, 0.25) is 5.91 Å². The SMILES string of the molecule is O=C(CCSc1ccccc1)NCc1ccc(C(=O)Nc2ccncc2)cc1. The summed E-state index contributed by atoms with van der Waals surface area (Å²) in [6, 6.07) is 20.7. The number of nitrogens with zero attached hydrogens (tertiary/aromatic N) is 1. The van der Waals surface area contributed by atoms with Crippen LogP contribution in [0.3, 0.4) is 0 Å². The molecular weight excluding hydrogens is 370 g/mol. The van der Waals surface area contributed by atoms with Gasteiger partial charge in [-0.15, -0.1) is 11.8 Å². The number of thioether (sulfide) groups is 1. The fourth-order valence-corrected chi connectivity index (χ4v) is 3.35. The normalized spacial score (nSPS) is 10.3. The van der Waals surface area contributed by atoms with Crippen LogP contribution in [0.4, 0.5) is 5.69 Å². The minimum atomic E-state index is -0.181. The summed E-state index contributed by atoms with van der Waals surface area (Å²) in [6.45, 7) is 0.446. The van der Waals surface area contributed by atoms with Gasteiger partial charge in [0.1, 0.15) is 0 Å². The number of carbonyl (C=O) groups is 2. The molecule has 2 aromatic carbocycles. The van der Waals surface area contributed by atoms with Crippen molar-refractivity contribution in [1.82, 2.24) is 10.3 Å². The summed E-state index contributed by atoms with van der Waals surface area (Å²) in [5.74, 6) is 0.576. The minimum Gasteiger partial charge on any atom is -0.352 e. The largest absolute Gasteiger partial charge is 0.352 e. The second kappa shape index (κ2) is 10.3. The number of hydrogen-bond acceptors (Lipinski definition) is 4. The molecule has 6 heteroatoms. The molecule has 0 radical (unpaired) electrons. The molecule has 0 fully saturated rings. The molecule has 2 N–H and O–H groups in total. The molecule has 0 saturated carbocycles. The smallest absolute Gasteiger partial charge is 0.255 e. The van der Waals surface area contributed by atoms with E-state index in [0.717, 1.165) is 16.2 Å². The first kappa shape index (κ1) is 19.6. The highest BCUT2D eigenvalue weighted by Crippen LogP contribution is 2.17. The Morgan fingerprint density at radius 1 is 0.893 bits per heavy atom. The number of hydrogen-bond donors (Lipinski definition) is 2. The Labute approximate surface area is 168 Å². The number of amides is 2. The van der Waals surface area contributed by atoms with Crippen LogP contribution in [0.1, 0.15) is 22.3 Å². The number of rotatable bonds is 8. The molecular formula is C22H21N3O2S. The van der Waals surface area contributed by atoms with Crippen molar-refractivity contribution in [3.63, 3.8) is 0 Å². The molecule has 0 aliphatic heterocycles. The molecule has 0 unspecified atom stereocenters. The highest BCUT2D eigenvalue weighted by molar-refractivity contribution is 7.99. The Kier molecular flexibility index (Phi) is 7.21. The first-order valence-electron chi connectivity index (χ1n) is 8.95. The summed E-state index contributed by atoms with van der Waals surface area (Å²) in [5, 5.41) is 5.73. The van der Waals surface area contributed by atoms with Crippen LogP contribution in [0, 0.1) is 0 Å². The molecule has 5 nitrogen and oxygen atoms in total. The molecule has 28 heavy (non-hydrogen) atoms. The van der Waals surface area contributed by atoms with Crippen molar-refractivity contribution in [2.24, 2.45) is 0 Å². The molecule has 1 heterocycles. The lowest BCUT2D eigenvalue weighted by molar-refractivity contribution is -0.120. The number of aromatic nitrogens is 1. The molecule has 142 valence electrons. The van der Waals surface area contributed by atoms with E-state index in [1.807, 2.05) is 42.5 Å². The van der Waals surface area contributed by atoms with E-state index in [-0.39, 0.29) is 11.8 Å². The third kappa shape index (κ3) is 6.25. The molecule has 0 aliphatic carbocycles. The van der Waals surface area contributed by atoms with E-state index in [4.69, 9.17) is 0 Å². The minimum absolute atomic E-state index is 0.0166. The molecule has 0 spiro atoms. The van der Waals surface area contributed by atoms with Crippen molar-refractivity contribution in [2.75, 3.05) is 11.1 Å². The quantitative estimate of drug-likeness (QED) is 0.567. The van der Waals surface area contributed by atoms with Crippen molar-refractivity contribution in [2.45, 2.75) is 17.9 Å². The van der Waals surface area contributed by atoms with Crippen LogP contribution in [-0.4, -0.2) is 22.6 Å². The van der Waals surface area contributed by atoms with Gasteiger partial charge in [-0.25, -0.2) is 0 Å². The van der Waals surface area contributed by atoms with Gasteiger partial charge >= 0.3 is 0 Å². The van der Waals surface area contributed by atoms with E-state index >= 15 is 0 Å². The van der Waals surface area contributed by atoms with Crippen LogP contribution >= 0.6 is 11.8 Å². The zero-order valence-corrected chi connectivity index (χ0v) is 16.1. The fraction of sp³-hybridized carbons (Fsp3) is 0.136. The zero-order chi connectivity index (χ0) is 19.6. The highest BCUT2D eigenvalue weighted by atomic mass is 32.2. The van der Waals surface area contributed by atoms with Gasteiger partial charge in [0.05, 0.1) is 0 Å². The number of benzene rings is 2. The van der Waals surface area contributed by atoms with E-state index in [0.29, 0.717) is 24.2 Å². The van der Waals surface area contributed by atoms with Crippen molar-refractivity contribution >= 4 is 29.3 Å². The topological polar surface area (TPSA) is 71.1 Å². The lowest BCUT2D eigenvalue weighted by Crippen LogP contribution is -2.23. The Morgan fingerprint density at radius 3 is 2.32 bits per heavy atom. The maximum absolute atomic E-state index is 12.2. The molecule has 0 atom stereocenters. The average Bonchev–Trinajstić information content (AvgIpc) is 2.74. The first-order chi connectivity index (χ1) is 13.7. The van der Waals surface area contributed by atoms with Gasteiger partial charge in [0.25, 0.3) is 5.91 Å². The van der Waals surface area contributed by atoms with Crippen LogP contribution in [0.25, 0.3) is 0 Å². The van der Waals surface area contributed by atoms with Crippen LogP contribution < -0.4 is 10.6 Å². The number of anilines is 1. The average molecular weight is 391 g/mol. The van der Waals surface area contributed by atoms with Crippen molar-refractivity contribution < 1.29 is 9.59 Å². The summed E-state index contributed by atoms with van der Waals surface area (Å²) < 4.78 is 0. The molecule has 2 amide bonds.